The second kappa shape index (κ2) is 34.5. The topological polar surface area (TPSA) is 369 Å². The largest absolute Gasteiger partial charge is 0.497 e. The number of carbonyl (C=O) groups excluding carboxylic acids is 3. The van der Waals surface area contributed by atoms with Crippen molar-refractivity contribution < 1.29 is 61.1 Å². The molecule has 12 rings (SSSR count). The van der Waals surface area contributed by atoms with Crippen molar-refractivity contribution in [3.63, 3.8) is 0 Å². The number of methoxy groups -OCH3 is 2. The van der Waals surface area contributed by atoms with Crippen LogP contribution in [0.2, 0.25) is 0 Å². The summed E-state index contributed by atoms with van der Waals surface area (Å²) in [5.74, 6) is 2.07. The number of anilines is 7. The van der Waals surface area contributed by atoms with Crippen LogP contribution in [0.1, 0.15) is 149 Å². The molecule has 4 unspecified atom stereocenters. The molecule has 9 aromatic rings. The number of ether oxygens (including phenoxy) is 3. The van der Waals surface area contributed by atoms with Crippen molar-refractivity contribution in [3.8, 4) is 39.6 Å². The molecule has 0 spiro atoms. The normalized spacial score (nSPS) is 17.4. The molecule has 9 heterocycles. The molecule has 3 aliphatic rings. The molecule has 3 aliphatic heterocycles. The molecular weight excluding hydrogens is 1500 g/mol. The van der Waals surface area contributed by atoms with E-state index in [2.05, 4.69) is 138 Å². The van der Waals surface area contributed by atoms with Gasteiger partial charge in [-0.15, -0.1) is 0 Å². The van der Waals surface area contributed by atoms with Gasteiger partial charge in [-0.3, -0.25) is 14.4 Å². The number of pyridine rings is 6. The van der Waals surface area contributed by atoms with Gasteiger partial charge >= 0.3 is 0 Å². The highest BCUT2D eigenvalue weighted by molar-refractivity contribution is 7.90. The van der Waals surface area contributed by atoms with E-state index in [0.717, 1.165) is 42.5 Å². The molecule has 27 nitrogen and oxygen atoms in total. The molecule has 113 heavy (non-hydrogen) atoms. The highest BCUT2D eigenvalue weighted by Gasteiger charge is 2.41. The van der Waals surface area contributed by atoms with Gasteiger partial charge in [-0.1, -0.05) is 105 Å². The number of amides is 3. The van der Waals surface area contributed by atoms with E-state index in [9.17, 15) is 44.0 Å². The van der Waals surface area contributed by atoms with Crippen LogP contribution in [0.5, 0.6) is 17.2 Å². The van der Waals surface area contributed by atoms with Gasteiger partial charge < -0.3 is 45.7 Å². The minimum atomic E-state index is -4.29. The first-order chi connectivity index (χ1) is 53.1. The molecule has 0 aliphatic carbocycles. The summed E-state index contributed by atoms with van der Waals surface area (Å²) in [6.07, 6.45) is 6.10. The first kappa shape index (κ1) is 84.4. The Labute approximate surface area is 664 Å². The Kier molecular flexibility index (Phi) is 25.8. The van der Waals surface area contributed by atoms with Gasteiger partial charge in [0, 0.05) is 75.8 Å². The van der Waals surface area contributed by atoms with Crippen molar-refractivity contribution in [2.75, 3.05) is 78.5 Å². The van der Waals surface area contributed by atoms with Gasteiger partial charge in [0.1, 0.15) is 58.0 Å². The van der Waals surface area contributed by atoms with Crippen LogP contribution in [-0.2, 0) is 35.5 Å². The van der Waals surface area contributed by atoms with Crippen LogP contribution in [0.15, 0.2) is 173 Å². The lowest BCUT2D eigenvalue weighted by atomic mass is 9.85. The van der Waals surface area contributed by atoms with Crippen molar-refractivity contribution >= 4 is 88.4 Å². The molecule has 3 fully saturated rings. The van der Waals surface area contributed by atoms with Crippen LogP contribution in [0.4, 0.5) is 45.0 Å². The van der Waals surface area contributed by atoms with E-state index in [1.165, 1.54) is 73.8 Å². The second-order valence-corrected chi connectivity index (χ2v) is 36.4. The number of aromatic nitrogens is 6. The molecular formula is C82H104FN15O12S3. The van der Waals surface area contributed by atoms with Crippen LogP contribution in [0.25, 0.3) is 22.4 Å². The zero-order chi connectivity index (χ0) is 82.3. The Morgan fingerprint density at radius 2 is 1.13 bits per heavy atom. The first-order valence-electron chi connectivity index (χ1n) is 37.1. The zero-order valence-corrected chi connectivity index (χ0v) is 68.7. The molecule has 31 heteroatoms. The van der Waals surface area contributed by atoms with Gasteiger partial charge in [0.05, 0.1) is 48.9 Å². The summed E-state index contributed by atoms with van der Waals surface area (Å²) < 4.78 is 115. The van der Waals surface area contributed by atoms with Gasteiger partial charge in [-0.05, 0) is 184 Å². The summed E-state index contributed by atoms with van der Waals surface area (Å²) in [6.45, 7) is 30.5. The van der Waals surface area contributed by atoms with Crippen molar-refractivity contribution in [3.05, 3.63) is 186 Å². The monoisotopic (exact) mass is 1610 g/mol. The molecule has 604 valence electrons. The number of hydrogen-bond acceptors (Lipinski definition) is 24. The molecule has 3 saturated heterocycles. The first-order valence-corrected chi connectivity index (χ1v) is 41.5. The summed E-state index contributed by atoms with van der Waals surface area (Å²) in [5.41, 5.74) is 15.5. The van der Waals surface area contributed by atoms with Crippen molar-refractivity contribution in [2.24, 2.45) is 29.6 Å². The maximum Gasteiger partial charge on any atom is 0.281 e. The number of carbonyl (C=O) groups is 3. The SMILES string of the molecule is CC(C)COc1cc(F)cc(-c2ccc(C(=O)NS(=O)(=O)c3cccc(N)n3)c(N3CCC(C)C(C)C3)n2)c1.CC1CN(c2ncc(-c3cccc(C(C)(C)C)c3)cc2C(=O)NS(=O)(=O)c2cccc(N)n2)C(C)(C)C1.COc1ccc(OC)c(Nc2cccc(S(=O)(=O)NC(=O)c3cccnc3N3CC(C)CC3(C)C)n2)c1.[HH].[HH]. The number of hydrogen-bond donors (Lipinski definition) is 6. The summed E-state index contributed by atoms with van der Waals surface area (Å²) in [6, 6.07) is 38.5. The van der Waals surface area contributed by atoms with E-state index in [1.54, 1.807) is 74.1 Å². The molecule has 0 saturated carbocycles. The third-order valence-electron chi connectivity index (χ3n) is 19.8. The van der Waals surface area contributed by atoms with Crippen molar-refractivity contribution in [1.82, 2.24) is 44.1 Å². The fourth-order valence-corrected chi connectivity index (χ4v) is 16.8. The Balaban J connectivity index is 0.000000214. The Hall–Kier alpha value is -11.1. The third kappa shape index (κ3) is 20.8. The lowest BCUT2D eigenvalue weighted by Gasteiger charge is -2.37. The smallest absolute Gasteiger partial charge is 0.281 e. The highest BCUT2D eigenvalue weighted by atomic mass is 32.2. The second-order valence-electron chi connectivity index (χ2n) is 31.6. The Bertz CT molecular complexity index is 5370. The van der Waals surface area contributed by atoms with E-state index < -0.39 is 53.6 Å². The predicted octanol–water partition coefficient (Wildman–Crippen LogP) is 13.7. The highest BCUT2D eigenvalue weighted by Crippen LogP contribution is 2.41. The van der Waals surface area contributed by atoms with Crippen molar-refractivity contribution in [1.29, 1.82) is 0 Å². The number of rotatable bonds is 21. The van der Waals surface area contributed by atoms with E-state index in [4.69, 9.17) is 35.6 Å². The number of nitrogens with two attached hydrogens (primary N) is 2. The number of piperidine rings is 1. The Morgan fingerprint density at radius 3 is 1.67 bits per heavy atom. The summed E-state index contributed by atoms with van der Waals surface area (Å²) in [7, 11) is -9.76. The van der Waals surface area contributed by atoms with Gasteiger partial charge in [0.2, 0.25) is 0 Å². The number of nitrogens with zero attached hydrogens (tertiary/aromatic N) is 9. The fourth-order valence-electron chi connectivity index (χ4n) is 13.9. The van der Waals surface area contributed by atoms with Gasteiger partial charge in [-0.2, -0.15) is 25.3 Å². The average Bonchev–Trinajstić information content (AvgIpc) is 1.71. The summed E-state index contributed by atoms with van der Waals surface area (Å²) in [5, 5.41) is 2.05. The minimum Gasteiger partial charge on any atom is -0.497 e. The minimum absolute atomic E-state index is 0. The fraction of sp³-hybridized carbons (Fsp3) is 0.378. The van der Waals surface area contributed by atoms with Crippen LogP contribution < -0.4 is 59.9 Å². The lowest BCUT2D eigenvalue weighted by molar-refractivity contribution is 0.0972. The molecule has 0 radical (unpaired) electrons. The molecule has 6 aromatic heterocycles. The lowest BCUT2D eigenvalue weighted by Crippen LogP contribution is -2.41. The predicted molar refractivity (Wildman–Crippen MR) is 441 cm³/mol. The quantitative estimate of drug-likeness (QED) is 0.0389. The third-order valence-corrected chi connectivity index (χ3v) is 23.5. The number of nitrogen functional groups attached to an aromatic ring is 2. The maximum absolute atomic E-state index is 14.5. The summed E-state index contributed by atoms with van der Waals surface area (Å²) in [4.78, 5) is 72.1. The number of nitrogens with one attached hydrogen (secondary N) is 4. The Morgan fingerprint density at radius 1 is 0.575 bits per heavy atom. The number of sulfonamides is 3. The molecule has 8 N–H and O–H groups in total. The van der Waals surface area contributed by atoms with E-state index in [0.29, 0.717) is 102 Å². The van der Waals surface area contributed by atoms with Crippen LogP contribution in [0.3, 0.4) is 0 Å². The van der Waals surface area contributed by atoms with Gasteiger partial charge in [0.15, 0.2) is 15.1 Å². The van der Waals surface area contributed by atoms with Gasteiger partial charge in [0.25, 0.3) is 47.8 Å². The van der Waals surface area contributed by atoms with Gasteiger partial charge in [-0.25, -0.2) is 48.5 Å². The maximum atomic E-state index is 14.5. The van der Waals surface area contributed by atoms with Crippen LogP contribution in [0, 0.1) is 35.4 Å². The molecule has 3 aromatic carbocycles. The molecule has 0 bridgehead atoms. The van der Waals surface area contributed by atoms with E-state index in [1.807, 2.05) is 30.9 Å². The average molecular weight is 1610 g/mol. The zero-order valence-electron chi connectivity index (χ0n) is 66.2. The van der Waals surface area contributed by atoms with Crippen molar-refractivity contribution in [2.45, 2.75) is 141 Å². The molecule has 4 atom stereocenters. The summed E-state index contributed by atoms with van der Waals surface area (Å²) >= 11 is 0. The standard InChI is InChI=1S/C28H34FN5O4S.C28H35N5O3S.C26H31N5O5S.2H2/c1-17(2)16-38-22-13-20(12-21(29)14-22)24-9-8-23(27(31-24)34-11-10-18(3)19(4)15-34)28(35)33-39(36,37)26-7-5-6-25(30)32-26;1-18-15-28(5,6)33(17-18)25-22(26(34)32-37(35,36)24-12-8-11-23(29)31-24)14-20(16-30-25)19-9-7-10-21(13-19)27(2,3)4;1-17-15-26(2,3)31(16-17)24-19(8-7-13-27-24)25(32)30-37(33,34)23-10-6-9-22(29-23)28-20-14-18(35-4)11-12-21(20)36-5;;/h5-9,12-14,17-19H,10-11,15-16H2,1-4H3,(H2,30,32)(H,33,35);7-14,16,18H,15,17H2,1-6H3,(H2,29,31)(H,32,34);6-14,17H,15-16H2,1-5H3,(H,28,29)(H,30,32);2*1H. The number of benzene rings is 3. The molecule has 3 amide bonds. The van der Waals surface area contributed by atoms with Crippen LogP contribution >= 0.6 is 0 Å². The number of halogens is 1. The van der Waals surface area contributed by atoms with Crippen LogP contribution in [-0.4, -0.2) is 131 Å². The van der Waals surface area contributed by atoms with E-state index >= 15 is 0 Å². The van der Waals surface area contributed by atoms with E-state index in [-0.39, 0.29) is 74.5 Å².